The molecule has 20 heavy (non-hydrogen) atoms. The van der Waals surface area contributed by atoms with E-state index in [1.54, 1.807) is 11.3 Å². The second kappa shape index (κ2) is 8.02. The van der Waals surface area contributed by atoms with E-state index >= 15 is 0 Å². The minimum Gasteiger partial charge on any atom is -0.361 e. The first-order chi connectivity index (χ1) is 9.83. The molecule has 0 saturated carbocycles. The molecule has 1 N–H and O–H groups in total. The number of benzene rings is 1. The fourth-order valence-electron chi connectivity index (χ4n) is 2.13. The number of nitrogens with zero attached hydrogens (tertiary/aromatic N) is 2. The molecule has 0 aliphatic heterocycles. The summed E-state index contributed by atoms with van der Waals surface area (Å²) in [6, 6.07) is 10.3. The zero-order valence-corrected chi connectivity index (χ0v) is 13.1. The van der Waals surface area contributed by atoms with Gasteiger partial charge in [0.15, 0.2) is 5.13 Å². The fraction of sp³-hybridized carbons (Fsp3) is 0.438. The second-order valence-corrected chi connectivity index (χ2v) is 5.57. The van der Waals surface area contributed by atoms with Gasteiger partial charge >= 0.3 is 0 Å². The van der Waals surface area contributed by atoms with Crippen molar-refractivity contribution < 1.29 is 0 Å². The summed E-state index contributed by atoms with van der Waals surface area (Å²) in [5.74, 6) is 0. The first-order valence-corrected chi connectivity index (χ1v) is 8.18. The molecule has 0 fully saturated rings. The molecule has 2 aromatic rings. The topological polar surface area (TPSA) is 28.2 Å². The van der Waals surface area contributed by atoms with Crippen molar-refractivity contribution in [2.45, 2.75) is 20.3 Å². The van der Waals surface area contributed by atoms with Crippen LogP contribution in [0.4, 0.5) is 5.13 Å². The molecule has 1 heterocycles. The zero-order chi connectivity index (χ0) is 14.2. The van der Waals surface area contributed by atoms with Crippen LogP contribution in [0.1, 0.15) is 20.3 Å². The van der Waals surface area contributed by atoms with E-state index in [-0.39, 0.29) is 0 Å². The minimum atomic E-state index is 0.984. The van der Waals surface area contributed by atoms with Crippen LogP contribution in [0.3, 0.4) is 0 Å². The SMILES string of the molecule is CCN(CC)CCCNc1nc(-c2ccccc2)cs1. The summed E-state index contributed by atoms with van der Waals surface area (Å²) in [6.45, 7) is 8.82. The van der Waals surface area contributed by atoms with E-state index in [0.717, 1.165) is 43.4 Å². The van der Waals surface area contributed by atoms with Gasteiger partial charge in [-0.2, -0.15) is 0 Å². The zero-order valence-electron chi connectivity index (χ0n) is 12.3. The van der Waals surface area contributed by atoms with Gasteiger partial charge in [0, 0.05) is 17.5 Å². The number of hydrogen-bond donors (Lipinski definition) is 1. The van der Waals surface area contributed by atoms with Gasteiger partial charge in [-0.25, -0.2) is 4.98 Å². The Bertz CT molecular complexity index is 491. The maximum absolute atomic E-state index is 4.63. The Hall–Kier alpha value is -1.39. The lowest BCUT2D eigenvalue weighted by Gasteiger charge is -2.17. The Balaban J connectivity index is 1.79. The molecule has 108 valence electrons. The number of thiazole rings is 1. The molecule has 3 nitrogen and oxygen atoms in total. The van der Waals surface area contributed by atoms with Gasteiger partial charge in [0.2, 0.25) is 0 Å². The van der Waals surface area contributed by atoms with Gasteiger partial charge in [-0.15, -0.1) is 11.3 Å². The molecule has 0 aliphatic rings. The Kier molecular flexibility index (Phi) is 6.02. The average molecular weight is 289 g/mol. The molecule has 0 spiro atoms. The lowest BCUT2D eigenvalue weighted by atomic mass is 10.2. The molecule has 2 rings (SSSR count). The largest absolute Gasteiger partial charge is 0.361 e. The average Bonchev–Trinajstić information content (AvgIpc) is 2.97. The third-order valence-electron chi connectivity index (χ3n) is 3.40. The van der Waals surface area contributed by atoms with Crippen molar-refractivity contribution in [1.29, 1.82) is 0 Å². The Morgan fingerprint density at radius 1 is 1.15 bits per heavy atom. The molecule has 0 unspecified atom stereocenters. The van der Waals surface area contributed by atoms with E-state index in [0.29, 0.717) is 0 Å². The van der Waals surface area contributed by atoms with Crippen molar-refractivity contribution in [1.82, 2.24) is 9.88 Å². The van der Waals surface area contributed by atoms with Gasteiger partial charge in [0.05, 0.1) is 5.69 Å². The maximum atomic E-state index is 4.63. The van der Waals surface area contributed by atoms with E-state index in [4.69, 9.17) is 0 Å². The summed E-state index contributed by atoms with van der Waals surface area (Å²) in [4.78, 5) is 7.07. The van der Waals surface area contributed by atoms with E-state index in [2.05, 4.69) is 46.6 Å². The van der Waals surface area contributed by atoms with Crippen LogP contribution in [0, 0.1) is 0 Å². The predicted octanol–water partition coefficient (Wildman–Crippen LogP) is 3.95. The van der Waals surface area contributed by atoms with Crippen LogP contribution in [-0.4, -0.2) is 36.1 Å². The van der Waals surface area contributed by atoms with Crippen molar-refractivity contribution in [3.8, 4) is 11.3 Å². The lowest BCUT2D eigenvalue weighted by Crippen LogP contribution is -2.25. The summed E-state index contributed by atoms with van der Waals surface area (Å²) < 4.78 is 0. The van der Waals surface area contributed by atoms with Gasteiger partial charge in [-0.3, -0.25) is 0 Å². The monoisotopic (exact) mass is 289 g/mol. The van der Waals surface area contributed by atoms with Crippen LogP contribution in [0.15, 0.2) is 35.7 Å². The summed E-state index contributed by atoms with van der Waals surface area (Å²) in [6.07, 6.45) is 1.15. The molecule has 1 aromatic heterocycles. The van der Waals surface area contributed by atoms with E-state index in [1.165, 1.54) is 5.56 Å². The van der Waals surface area contributed by atoms with Gasteiger partial charge in [0.1, 0.15) is 0 Å². The first kappa shape index (κ1) is 15.0. The molecule has 4 heteroatoms. The van der Waals surface area contributed by atoms with Crippen LogP contribution in [0.25, 0.3) is 11.3 Å². The molecule has 0 saturated heterocycles. The van der Waals surface area contributed by atoms with Crippen LogP contribution < -0.4 is 5.32 Å². The van der Waals surface area contributed by atoms with Crippen molar-refractivity contribution >= 4 is 16.5 Å². The number of anilines is 1. The van der Waals surface area contributed by atoms with Crippen molar-refractivity contribution in [2.24, 2.45) is 0 Å². The molecule has 0 amide bonds. The van der Waals surface area contributed by atoms with Crippen LogP contribution in [-0.2, 0) is 0 Å². The first-order valence-electron chi connectivity index (χ1n) is 7.30. The number of hydrogen-bond acceptors (Lipinski definition) is 4. The third kappa shape index (κ3) is 4.32. The highest BCUT2D eigenvalue weighted by atomic mass is 32.1. The molecule has 0 aliphatic carbocycles. The van der Waals surface area contributed by atoms with E-state index in [1.807, 2.05) is 18.2 Å². The highest BCUT2D eigenvalue weighted by molar-refractivity contribution is 7.14. The minimum absolute atomic E-state index is 0.984. The van der Waals surface area contributed by atoms with Crippen molar-refractivity contribution in [2.75, 3.05) is 31.5 Å². The molecular formula is C16H23N3S. The summed E-state index contributed by atoms with van der Waals surface area (Å²) in [5, 5.41) is 6.55. The van der Waals surface area contributed by atoms with Crippen molar-refractivity contribution in [3.63, 3.8) is 0 Å². The highest BCUT2D eigenvalue weighted by Gasteiger charge is 2.04. The highest BCUT2D eigenvalue weighted by Crippen LogP contribution is 2.24. The third-order valence-corrected chi connectivity index (χ3v) is 4.20. The molecule has 0 radical (unpaired) electrons. The van der Waals surface area contributed by atoms with Crippen LogP contribution in [0.5, 0.6) is 0 Å². The molecule has 1 aromatic carbocycles. The smallest absolute Gasteiger partial charge is 0.183 e. The number of nitrogens with one attached hydrogen (secondary N) is 1. The van der Waals surface area contributed by atoms with Gasteiger partial charge < -0.3 is 10.2 Å². The summed E-state index contributed by atoms with van der Waals surface area (Å²) in [7, 11) is 0. The fourth-order valence-corrected chi connectivity index (χ4v) is 2.88. The van der Waals surface area contributed by atoms with Crippen molar-refractivity contribution in [3.05, 3.63) is 35.7 Å². The number of aromatic nitrogens is 1. The maximum Gasteiger partial charge on any atom is 0.183 e. The van der Waals surface area contributed by atoms with Gasteiger partial charge in [0.25, 0.3) is 0 Å². The van der Waals surface area contributed by atoms with Crippen LogP contribution in [0.2, 0.25) is 0 Å². The summed E-state index contributed by atoms with van der Waals surface area (Å²) >= 11 is 1.68. The number of rotatable bonds is 8. The van der Waals surface area contributed by atoms with Gasteiger partial charge in [-0.05, 0) is 26.1 Å². The Labute approximate surface area is 125 Å². The summed E-state index contributed by atoms with van der Waals surface area (Å²) in [5.41, 5.74) is 2.24. The second-order valence-electron chi connectivity index (χ2n) is 4.71. The Morgan fingerprint density at radius 3 is 2.60 bits per heavy atom. The Morgan fingerprint density at radius 2 is 1.90 bits per heavy atom. The molecule has 0 atom stereocenters. The van der Waals surface area contributed by atoms with E-state index < -0.39 is 0 Å². The normalized spacial score (nSPS) is 10.9. The lowest BCUT2D eigenvalue weighted by molar-refractivity contribution is 0.303. The molecule has 0 bridgehead atoms. The standard InChI is InChI=1S/C16H23N3S/c1-3-19(4-2)12-8-11-17-16-18-15(13-20-16)14-9-6-5-7-10-14/h5-7,9-10,13H,3-4,8,11-12H2,1-2H3,(H,17,18). The van der Waals surface area contributed by atoms with Gasteiger partial charge in [-0.1, -0.05) is 44.2 Å². The quantitative estimate of drug-likeness (QED) is 0.746. The van der Waals surface area contributed by atoms with Crippen LogP contribution >= 0.6 is 11.3 Å². The van der Waals surface area contributed by atoms with E-state index in [9.17, 15) is 0 Å². The molecular weight excluding hydrogens is 266 g/mol. The predicted molar refractivity (Wildman–Crippen MR) is 88.4 cm³/mol.